The molecule has 3 nitrogen and oxygen atoms in total. The lowest BCUT2D eigenvalue weighted by atomic mass is 9.97. The largest absolute Gasteiger partial charge is 0.481 e. The van der Waals surface area contributed by atoms with Crippen LogP contribution in [-0.4, -0.2) is 24.2 Å². The minimum atomic E-state index is -0.700. The smallest absolute Gasteiger partial charge is 0.308 e. The van der Waals surface area contributed by atoms with Crippen LogP contribution < -0.4 is 4.90 Å². The molecule has 0 saturated carbocycles. The molecule has 1 aliphatic heterocycles. The third-order valence-corrected chi connectivity index (χ3v) is 3.52. The Morgan fingerprint density at radius 1 is 1.53 bits per heavy atom. The zero-order chi connectivity index (χ0) is 12.4. The maximum atomic E-state index is 11.0. The van der Waals surface area contributed by atoms with Crippen molar-refractivity contribution in [1.82, 2.24) is 0 Å². The van der Waals surface area contributed by atoms with Gasteiger partial charge in [0.15, 0.2) is 0 Å². The molecule has 1 aromatic rings. The second-order valence-electron chi connectivity index (χ2n) is 4.55. The molecule has 1 saturated heterocycles. The van der Waals surface area contributed by atoms with Gasteiger partial charge in [-0.05, 0) is 37.5 Å². The minimum absolute atomic E-state index is 0.262. The van der Waals surface area contributed by atoms with Gasteiger partial charge in [0.25, 0.3) is 0 Å². The number of halogens is 1. The second kappa shape index (κ2) is 4.96. The Kier molecular flexibility index (Phi) is 3.57. The maximum absolute atomic E-state index is 11.0. The standard InChI is InChI=1S/C13H16ClNO2/c1-9-4-5-11(14)7-12(9)15-6-2-3-10(8-15)13(16)17/h4-5,7,10H,2-3,6,8H2,1H3,(H,16,17). The van der Waals surface area contributed by atoms with Crippen LogP contribution in [0.5, 0.6) is 0 Å². The molecule has 1 aromatic carbocycles. The lowest BCUT2D eigenvalue weighted by molar-refractivity contribution is -0.141. The molecule has 0 radical (unpaired) electrons. The van der Waals surface area contributed by atoms with E-state index in [9.17, 15) is 4.79 Å². The minimum Gasteiger partial charge on any atom is -0.481 e. The molecule has 0 aliphatic carbocycles. The van der Waals surface area contributed by atoms with Gasteiger partial charge in [-0.3, -0.25) is 4.79 Å². The summed E-state index contributed by atoms with van der Waals surface area (Å²) in [5.74, 6) is -0.962. The first-order valence-corrected chi connectivity index (χ1v) is 6.19. The summed E-state index contributed by atoms with van der Waals surface area (Å²) in [5, 5.41) is 9.77. The van der Waals surface area contributed by atoms with Gasteiger partial charge < -0.3 is 10.0 Å². The SMILES string of the molecule is Cc1ccc(Cl)cc1N1CCCC(C(=O)O)C1. The van der Waals surface area contributed by atoms with E-state index in [4.69, 9.17) is 16.7 Å². The molecule has 17 heavy (non-hydrogen) atoms. The fourth-order valence-electron chi connectivity index (χ4n) is 2.32. The first kappa shape index (κ1) is 12.2. The molecule has 1 fully saturated rings. The summed E-state index contributed by atoms with van der Waals surface area (Å²) in [6.07, 6.45) is 1.69. The summed E-state index contributed by atoms with van der Waals surface area (Å²) in [7, 11) is 0. The monoisotopic (exact) mass is 253 g/mol. The summed E-state index contributed by atoms with van der Waals surface area (Å²) < 4.78 is 0. The van der Waals surface area contributed by atoms with E-state index < -0.39 is 5.97 Å². The van der Waals surface area contributed by atoms with E-state index in [1.54, 1.807) is 0 Å². The highest BCUT2D eigenvalue weighted by Crippen LogP contribution is 2.28. The highest BCUT2D eigenvalue weighted by molar-refractivity contribution is 6.30. The van der Waals surface area contributed by atoms with Crippen LogP contribution in [0.2, 0.25) is 5.02 Å². The van der Waals surface area contributed by atoms with E-state index in [2.05, 4.69) is 4.90 Å². The fourth-order valence-corrected chi connectivity index (χ4v) is 2.49. The number of nitrogens with zero attached hydrogens (tertiary/aromatic N) is 1. The van der Waals surface area contributed by atoms with Gasteiger partial charge in [-0.15, -0.1) is 0 Å². The van der Waals surface area contributed by atoms with Gasteiger partial charge >= 0.3 is 5.97 Å². The van der Waals surface area contributed by atoms with Crippen molar-refractivity contribution in [3.63, 3.8) is 0 Å². The Bertz CT molecular complexity index is 433. The maximum Gasteiger partial charge on any atom is 0.308 e. The summed E-state index contributed by atoms with van der Waals surface area (Å²) in [5.41, 5.74) is 2.20. The quantitative estimate of drug-likeness (QED) is 0.881. The summed E-state index contributed by atoms with van der Waals surface area (Å²) in [6, 6.07) is 5.75. The first-order valence-electron chi connectivity index (χ1n) is 5.82. The molecule has 0 amide bonds. The highest BCUT2D eigenvalue weighted by Gasteiger charge is 2.26. The van der Waals surface area contributed by atoms with Crippen LogP contribution in [-0.2, 0) is 4.79 Å². The summed E-state index contributed by atoms with van der Waals surface area (Å²) in [4.78, 5) is 13.2. The van der Waals surface area contributed by atoms with Crippen molar-refractivity contribution in [2.45, 2.75) is 19.8 Å². The molecule has 1 N–H and O–H groups in total. The molecule has 0 bridgehead atoms. The fraction of sp³-hybridized carbons (Fsp3) is 0.462. The predicted molar refractivity (Wildman–Crippen MR) is 68.8 cm³/mol. The number of aliphatic carboxylic acids is 1. The van der Waals surface area contributed by atoms with Gasteiger partial charge in [0.05, 0.1) is 5.92 Å². The highest BCUT2D eigenvalue weighted by atomic mass is 35.5. The van der Waals surface area contributed by atoms with Crippen molar-refractivity contribution in [2.75, 3.05) is 18.0 Å². The van der Waals surface area contributed by atoms with Gasteiger partial charge in [-0.25, -0.2) is 0 Å². The van der Waals surface area contributed by atoms with E-state index in [1.807, 2.05) is 25.1 Å². The number of benzene rings is 1. The molecule has 0 spiro atoms. The van der Waals surface area contributed by atoms with Gasteiger partial charge in [0.1, 0.15) is 0 Å². The Hall–Kier alpha value is -1.22. The van der Waals surface area contributed by atoms with Gasteiger partial charge in [-0.2, -0.15) is 0 Å². The van der Waals surface area contributed by atoms with Crippen LogP contribution in [0, 0.1) is 12.8 Å². The van der Waals surface area contributed by atoms with E-state index in [0.29, 0.717) is 11.6 Å². The van der Waals surface area contributed by atoms with Crippen LogP contribution >= 0.6 is 11.6 Å². The number of carbonyl (C=O) groups is 1. The Labute approximate surface area is 106 Å². The molecular formula is C13H16ClNO2. The number of hydrogen-bond donors (Lipinski definition) is 1. The van der Waals surface area contributed by atoms with Crippen molar-refractivity contribution >= 4 is 23.3 Å². The number of carboxylic acids is 1. The van der Waals surface area contributed by atoms with Crippen molar-refractivity contribution in [2.24, 2.45) is 5.92 Å². The summed E-state index contributed by atoms with van der Waals surface area (Å²) >= 11 is 5.99. The normalized spacial score (nSPS) is 20.4. The molecule has 1 aliphatic rings. The van der Waals surface area contributed by atoms with Gasteiger partial charge in [0, 0.05) is 23.8 Å². The molecule has 92 valence electrons. The zero-order valence-corrected chi connectivity index (χ0v) is 10.6. The molecule has 4 heteroatoms. The Morgan fingerprint density at radius 2 is 2.29 bits per heavy atom. The summed E-state index contributed by atoms with van der Waals surface area (Å²) in [6.45, 7) is 3.51. The first-order chi connectivity index (χ1) is 8.08. The van der Waals surface area contributed by atoms with E-state index in [0.717, 1.165) is 30.6 Å². The Balaban J connectivity index is 2.21. The number of carboxylic acid groups (broad SMARTS) is 1. The second-order valence-corrected chi connectivity index (χ2v) is 4.99. The average Bonchev–Trinajstić information content (AvgIpc) is 2.32. The van der Waals surface area contributed by atoms with E-state index in [-0.39, 0.29) is 5.92 Å². The number of rotatable bonds is 2. The van der Waals surface area contributed by atoms with Crippen molar-refractivity contribution < 1.29 is 9.90 Å². The average molecular weight is 254 g/mol. The van der Waals surface area contributed by atoms with Crippen LogP contribution in [0.15, 0.2) is 18.2 Å². The number of piperidine rings is 1. The van der Waals surface area contributed by atoms with Crippen LogP contribution in [0.3, 0.4) is 0 Å². The molecule has 1 heterocycles. The third-order valence-electron chi connectivity index (χ3n) is 3.28. The molecular weight excluding hydrogens is 238 g/mol. The van der Waals surface area contributed by atoms with Crippen molar-refractivity contribution in [1.29, 1.82) is 0 Å². The van der Waals surface area contributed by atoms with Crippen molar-refractivity contribution in [3.05, 3.63) is 28.8 Å². The number of hydrogen-bond acceptors (Lipinski definition) is 2. The van der Waals surface area contributed by atoms with E-state index >= 15 is 0 Å². The molecule has 0 aromatic heterocycles. The Morgan fingerprint density at radius 3 is 3.00 bits per heavy atom. The predicted octanol–water partition coefficient (Wildman–Crippen LogP) is 2.95. The van der Waals surface area contributed by atoms with Crippen LogP contribution in [0.25, 0.3) is 0 Å². The van der Waals surface area contributed by atoms with E-state index in [1.165, 1.54) is 0 Å². The number of anilines is 1. The molecule has 2 rings (SSSR count). The lowest BCUT2D eigenvalue weighted by Crippen LogP contribution is -2.39. The van der Waals surface area contributed by atoms with Crippen LogP contribution in [0.1, 0.15) is 18.4 Å². The van der Waals surface area contributed by atoms with Gasteiger partial charge in [-0.1, -0.05) is 17.7 Å². The zero-order valence-electron chi connectivity index (χ0n) is 9.82. The number of aryl methyl sites for hydroxylation is 1. The molecule has 1 atom stereocenters. The van der Waals surface area contributed by atoms with Crippen molar-refractivity contribution in [3.8, 4) is 0 Å². The van der Waals surface area contributed by atoms with Crippen LogP contribution in [0.4, 0.5) is 5.69 Å². The van der Waals surface area contributed by atoms with Gasteiger partial charge in [0.2, 0.25) is 0 Å². The topological polar surface area (TPSA) is 40.5 Å². The third kappa shape index (κ3) is 2.72. The molecule has 1 unspecified atom stereocenters. The lowest BCUT2D eigenvalue weighted by Gasteiger charge is -2.33.